The molecule has 0 amide bonds. The first-order valence-corrected chi connectivity index (χ1v) is 6.98. The summed E-state index contributed by atoms with van der Waals surface area (Å²) in [6, 6.07) is 7.54. The van der Waals surface area contributed by atoms with Crippen LogP contribution >= 0.6 is 11.3 Å². The van der Waals surface area contributed by atoms with Crippen LogP contribution in [0.4, 0.5) is 11.4 Å². The average molecular weight is 278 g/mol. The number of aliphatic hydroxyl groups is 1. The van der Waals surface area contributed by atoms with Gasteiger partial charge in [-0.05, 0) is 42.1 Å². The van der Waals surface area contributed by atoms with Crippen LogP contribution in [0.1, 0.15) is 10.4 Å². The molecule has 0 aliphatic carbocycles. The molecule has 0 fully saturated rings. The van der Waals surface area contributed by atoms with Gasteiger partial charge >= 0.3 is 0 Å². The number of ether oxygens (including phenoxy) is 1. The maximum atomic E-state index is 8.82. The van der Waals surface area contributed by atoms with E-state index >= 15 is 0 Å². The van der Waals surface area contributed by atoms with Gasteiger partial charge in [-0.15, -0.1) is 11.3 Å². The molecule has 0 radical (unpaired) electrons. The second-order valence-electron chi connectivity index (χ2n) is 4.21. The van der Waals surface area contributed by atoms with Crippen LogP contribution in [0.2, 0.25) is 0 Å². The maximum Gasteiger partial charge on any atom is 0.142 e. The van der Waals surface area contributed by atoms with Gasteiger partial charge in [-0.3, -0.25) is 0 Å². The lowest BCUT2D eigenvalue weighted by molar-refractivity contribution is 0.202. The van der Waals surface area contributed by atoms with Crippen LogP contribution in [0.5, 0.6) is 5.75 Å². The molecule has 0 unspecified atom stereocenters. The minimum absolute atomic E-state index is 0.00610. The topological polar surface area (TPSA) is 67.5 Å². The van der Waals surface area contributed by atoms with Crippen molar-refractivity contribution in [3.63, 3.8) is 0 Å². The molecule has 0 aliphatic heterocycles. The summed E-state index contributed by atoms with van der Waals surface area (Å²) in [6.07, 6.45) is 0. The van der Waals surface area contributed by atoms with E-state index in [0.29, 0.717) is 11.4 Å². The molecular formula is C14H18N2O2S. The standard InChI is InChI=1S/C14H18N2O2S/c1-10-4-7-19-14(10)9-16-12-8-11(15)2-3-13(12)18-6-5-17/h2-4,7-8,16-17H,5-6,9,15H2,1H3. The molecule has 1 aromatic carbocycles. The molecule has 4 nitrogen and oxygen atoms in total. The van der Waals surface area contributed by atoms with Crippen molar-refractivity contribution in [3.05, 3.63) is 40.1 Å². The van der Waals surface area contributed by atoms with Gasteiger partial charge in [-0.2, -0.15) is 0 Å². The second-order valence-corrected chi connectivity index (χ2v) is 5.21. The minimum Gasteiger partial charge on any atom is -0.489 e. The van der Waals surface area contributed by atoms with E-state index in [1.54, 1.807) is 17.4 Å². The SMILES string of the molecule is Cc1ccsc1CNc1cc(N)ccc1OCCO. The molecule has 0 saturated carbocycles. The normalized spacial score (nSPS) is 10.4. The van der Waals surface area contributed by atoms with Gasteiger partial charge in [-0.1, -0.05) is 0 Å². The van der Waals surface area contributed by atoms with Crippen molar-refractivity contribution in [3.8, 4) is 5.75 Å². The first kappa shape index (κ1) is 13.7. The zero-order chi connectivity index (χ0) is 13.7. The van der Waals surface area contributed by atoms with Crippen molar-refractivity contribution in [2.75, 3.05) is 24.3 Å². The first-order chi connectivity index (χ1) is 9.20. The Hall–Kier alpha value is -1.72. The minimum atomic E-state index is -0.00610. The molecule has 1 aromatic heterocycles. The molecule has 4 N–H and O–H groups in total. The average Bonchev–Trinajstić information content (AvgIpc) is 2.81. The van der Waals surface area contributed by atoms with Crippen molar-refractivity contribution in [2.45, 2.75) is 13.5 Å². The number of thiophene rings is 1. The van der Waals surface area contributed by atoms with Crippen LogP contribution in [-0.4, -0.2) is 18.3 Å². The monoisotopic (exact) mass is 278 g/mol. The van der Waals surface area contributed by atoms with Crippen molar-refractivity contribution in [1.82, 2.24) is 0 Å². The third-order valence-electron chi connectivity index (χ3n) is 2.76. The highest BCUT2D eigenvalue weighted by Crippen LogP contribution is 2.28. The zero-order valence-corrected chi connectivity index (χ0v) is 11.7. The third-order valence-corrected chi connectivity index (χ3v) is 3.78. The van der Waals surface area contributed by atoms with Gasteiger partial charge in [-0.25, -0.2) is 0 Å². The predicted molar refractivity (Wildman–Crippen MR) is 79.8 cm³/mol. The van der Waals surface area contributed by atoms with Gasteiger partial charge in [0.2, 0.25) is 0 Å². The largest absolute Gasteiger partial charge is 0.489 e. The number of nitrogen functional groups attached to an aromatic ring is 1. The van der Waals surface area contributed by atoms with Gasteiger partial charge in [0.25, 0.3) is 0 Å². The summed E-state index contributed by atoms with van der Waals surface area (Å²) >= 11 is 1.72. The molecule has 5 heteroatoms. The number of hydrogen-bond donors (Lipinski definition) is 3. The molecule has 0 aliphatic rings. The highest BCUT2D eigenvalue weighted by atomic mass is 32.1. The zero-order valence-electron chi connectivity index (χ0n) is 10.8. The molecule has 2 rings (SSSR count). The van der Waals surface area contributed by atoms with E-state index in [4.69, 9.17) is 15.6 Å². The van der Waals surface area contributed by atoms with Gasteiger partial charge in [0.15, 0.2) is 0 Å². The van der Waals surface area contributed by atoms with E-state index in [1.807, 2.05) is 12.1 Å². The van der Waals surface area contributed by atoms with E-state index in [0.717, 1.165) is 12.2 Å². The van der Waals surface area contributed by atoms with Crippen LogP contribution in [0.15, 0.2) is 29.6 Å². The summed E-state index contributed by atoms with van der Waals surface area (Å²) < 4.78 is 5.48. The molecule has 2 aromatic rings. The Kier molecular flexibility index (Phi) is 4.65. The Bertz CT molecular complexity index is 540. The Morgan fingerprint density at radius 2 is 2.21 bits per heavy atom. The molecular weight excluding hydrogens is 260 g/mol. The molecule has 19 heavy (non-hydrogen) atoms. The smallest absolute Gasteiger partial charge is 0.142 e. The number of nitrogens with one attached hydrogen (secondary N) is 1. The quantitative estimate of drug-likeness (QED) is 0.711. The van der Waals surface area contributed by atoms with Gasteiger partial charge in [0, 0.05) is 17.1 Å². The Morgan fingerprint density at radius 1 is 1.37 bits per heavy atom. The fourth-order valence-electron chi connectivity index (χ4n) is 1.73. The molecule has 0 spiro atoms. The molecule has 0 atom stereocenters. The lowest BCUT2D eigenvalue weighted by atomic mass is 10.2. The summed E-state index contributed by atoms with van der Waals surface area (Å²) in [6.45, 7) is 3.10. The highest BCUT2D eigenvalue weighted by molar-refractivity contribution is 7.10. The Labute approximate surface area is 116 Å². The van der Waals surface area contributed by atoms with E-state index in [-0.39, 0.29) is 13.2 Å². The fourth-order valence-corrected chi connectivity index (χ4v) is 2.57. The summed E-state index contributed by atoms with van der Waals surface area (Å²) in [4.78, 5) is 1.29. The summed E-state index contributed by atoms with van der Waals surface area (Å²) in [7, 11) is 0. The fraction of sp³-hybridized carbons (Fsp3) is 0.286. The van der Waals surface area contributed by atoms with Gasteiger partial charge < -0.3 is 20.9 Å². The molecule has 0 saturated heterocycles. The van der Waals surface area contributed by atoms with E-state index in [9.17, 15) is 0 Å². The van der Waals surface area contributed by atoms with Crippen LogP contribution < -0.4 is 15.8 Å². The lowest BCUT2D eigenvalue weighted by Gasteiger charge is -2.13. The number of nitrogens with two attached hydrogens (primary N) is 1. The van der Waals surface area contributed by atoms with Gasteiger partial charge in [0.1, 0.15) is 12.4 Å². The van der Waals surface area contributed by atoms with Crippen molar-refractivity contribution >= 4 is 22.7 Å². The number of aryl methyl sites for hydroxylation is 1. The number of benzene rings is 1. The number of hydrogen-bond acceptors (Lipinski definition) is 5. The van der Waals surface area contributed by atoms with Gasteiger partial charge in [0.05, 0.1) is 12.3 Å². The summed E-state index contributed by atoms with van der Waals surface area (Å²) in [5, 5.41) is 14.2. The predicted octanol–water partition coefficient (Wildman–Crippen LogP) is 2.62. The van der Waals surface area contributed by atoms with Crippen LogP contribution in [-0.2, 0) is 6.54 Å². The van der Waals surface area contributed by atoms with Crippen LogP contribution in [0.3, 0.4) is 0 Å². The van der Waals surface area contributed by atoms with Crippen LogP contribution in [0, 0.1) is 6.92 Å². The lowest BCUT2D eigenvalue weighted by Crippen LogP contribution is -2.06. The summed E-state index contributed by atoms with van der Waals surface area (Å²) in [5.41, 5.74) is 8.60. The summed E-state index contributed by atoms with van der Waals surface area (Å²) in [5.74, 6) is 0.706. The van der Waals surface area contributed by atoms with E-state index in [2.05, 4.69) is 23.7 Å². The third kappa shape index (κ3) is 3.62. The first-order valence-electron chi connectivity index (χ1n) is 6.10. The highest BCUT2D eigenvalue weighted by Gasteiger charge is 2.06. The van der Waals surface area contributed by atoms with E-state index in [1.165, 1.54) is 10.4 Å². The van der Waals surface area contributed by atoms with Crippen molar-refractivity contribution in [1.29, 1.82) is 0 Å². The van der Waals surface area contributed by atoms with E-state index < -0.39 is 0 Å². The van der Waals surface area contributed by atoms with Crippen molar-refractivity contribution < 1.29 is 9.84 Å². The molecule has 1 heterocycles. The number of aliphatic hydroxyl groups excluding tert-OH is 1. The Balaban J connectivity index is 2.09. The number of anilines is 2. The maximum absolute atomic E-state index is 8.82. The van der Waals surface area contributed by atoms with Crippen LogP contribution in [0.25, 0.3) is 0 Å². The number of rotatable bonds is 6. The molecule has 102 valence electrons. The Morgan fingerprint density at radius 3 is 2.89 bits per heavy atom. The van der Waals surface area contributed by atoms with Crippen molar-refractivity contribution in [2.24, 2.45) is 0 Å². The molecule has 0 bridgehead atoms. The second kappa shape index (κ2) is 6.45.